The van der Waals surface area contributed by atoms with E-state index in [4.69, 9.17) is 4.74 Å². The normalized spacial score (nSPS) is 12.9. The van der Waals surface area contributed by atoms with E-state index in [1.807, 2.05) is 0 Å². The van der Waals surface area contributed by atoms with Crippen molar-refractivity contribution in [2.24, 2.45) is 11.3 Å². The molecule has 0 fully saturated rings. The maximum atomic E-state index is 11.7. The molecular weight excluding hydrogens is 368 g/mol. The number of carbonyl (C=O) groups excluding carboxylic acids is 1. The maximum Gasteiger partial charge on any atom is 0.305 e. The standard InChI is InChI=1S/C24H48O5/c1-3-4-5-6-8-11-14-22(2)15-12-9-7-10-13-16-23(28)29-18-17-24(19-25,20-26)21-27/h22,25-27H,3-21H2,1-2H3. The number of aliphatic hydroxyl groups excluding tert-OH is 3. The van der Waals surface area contributed by atoms with Gasteiger partial charge in [-0.05, 0) is 18.8 Å². The second kappa shape index (κ2) is 19.3. The summed E-state index contributed by atoms with van der Waals surface area (Å²) in [4.78, 5) is 11.7. The largest absolute Gasteiger partial charge is 0.466 e. The van der Waals surface area contributed by atoms with E-state index in [0.29, 0.717) is 6.42 Å². The Morgan fingerprint density at radius 2 is 1.28 bits per heavy atom. The van der Waals surface area contributed by atoms with Crippen LogP contribution in [0.3, 0.4) is 0 Å². The number of rotatable bonds is 21. The highest BCUT2D eigenvalue weighted by molar-refractivity contribution is 5.69. The van der Waals surface area contributed by atoms with Crippen LogP contribution in [0.25, 0.3) is 0 Å². The molecule has 1 atom stereocenters. The Kier molecular flexibility index (Phi) is 18.9. The highest BCUT2D eigenvalue weighted by atomic mass is 16.5. The molecule has 0 saturated carbocycles. The number of esters is 1. The summed E-state index contributed by atoms with van der Waals surface area (Å²) in [5, 5.41) is 27.7. The average Bonchev–Trinajstić information content (AvgIpc) is 2.73. The first-order chi connectivity index (χ1) is 14.0. The molecule has 0 spiro atoms. The fourth-order valence-electron chi connectivity index (χ4n) is 3.55. The molecule has 5 nitrogen and oxygen atoms in total. The lowest BCUT2D eigenvalue weighted by atomic mass is 9.88. The van der Waals surface area contributed by atoms with Gasteiger partial charge < -0.3 is 20.1 Å². The van der Waals surface area contributed by atoms with Crippen LogP contribution in [-0.2, 0) is 9.53 Å². The first-order valence-corrected chi connectivity index (χ1v) is 12.0. The number of ether oxygens (including phenoxy) is 1. The Morgan fingerprint density at radius 1 is 0.793 bits per heavy atom. The Morgan fingerprint density at radius 3 is 1.79 bits per heavy atom. The van der Waals surface area contributed by atoms with E-state index in [-0.39, 0.29) is 38.8 Å². The van der Waals surface area contributed by atoms with Crippen molar-refractivity contribution in [3.63, 3.8) is 0 Å². The average molecular weight is 417 g/mol. The first-order valence-electron chi connectivity index (χ1n) is 12.0. The van der Waals surface area contributed by atoms with Crippen molar-refractivity contribution in [1.29, 1.82) is 0 Å². The van der Waals surface area contributed by atoms with E-state index in [2.05, 4.69) is 13.8 Å². The molecule has 0 aliphatic heterocycles. The van der Waals surface area contributed by atoms with Gasteiger partial charge in [0, 0.05) is 11.8 Å². The molecule has 3 N–H and O–H groups in total. The molecule has 0 heterocycles. The molecule has 29 heavy (non-hydrogen) atoms. The minimum Gasteiger partial charge on any atom is -0.466 e. The quantitative estimate of drug-likeness (QED) is 0.181. The predicted octanol–water partition coefficient (Wildman–Crippen LogP) is 5.00. The van der Waals surface area contributed by atoms with Crippen molar-refractivity contribution in [3.8, 4) is 0 Å². The Balaban J connectivity index is 3.50. The molecule has 1 unspecified atom stereocenters. The van der Waals surface area contributed by atoms with E-state index in [9.17, 15) is 20.1 Å². The van der Waals surface area contributed by atoms with Crippen molar-refractivity contribution < 1.29 is 24.9 Å². The summed E-state index contributed by atoms with van der Waals surface area (Å²) in [6.45, 7) is 3.79. The minimum atomic E-state index is -0.966. The zero-order valence-corrected chi connectivity index (χ0v) is 19.2. The van der Waals surface area contributed by atoms with Gasteiger partial charge in [0.15, 0.2) is 0 Å². The van der Waals surface area contributed by atoms with Crippen molar-refractivity contribution in [2.45, 2.75) is 110 Å². The van der Waals surface area contributed by atoms with Gasteiger partial charge in [0.2, 0.25) is 0 Å². The molecule has 174 valence electrons. The van der Waals surface area contributed by atoms with Crippen LogP contribution in [0.2, 0.25) is 0 Å². The van der Waals surface area contributed by atoms with Gasteiger partial charge in [-0.15, -0.1) is 0 Å². The second-order valence-electron chi connectivity index (χ2n) is 8.91. The van der Waals surface area contributed by atoms with Crippen molar-refractivity contribution in [3.05, 3.63) is 0 Å². The topological polar surface area (TPSA) is 87.0 Å². The summed E-state index contributed by atoms with van der Waals surface area (Å²) in [7, 11) is 0. The highest BCUT2D eigenvalue weighted by Crippen LogP contribution is 2.20. The van der Waals surface area contributed by atoms with Crippen LogP contribution in [0.5, 0.6) is 0 Å². The molecule has 5 heteroatoms. The van der Waals surface area contributed by atoms with E-state index >= 15 is 0 Å². The number of carbonyl (C=O) groups is 1. The Labute approximate surface area is 179 Å². The third-order valence-electron chi connectivity index (χ3n) is 6.03. The van der Waals surface area contributed by atoms with Gasteiger partial charge in [0.05, 0.1) is 26.4 Å². The monoisotopic (exact) mass is 416 g/mol. The fraction of sp³-hybridized carbons (Fsp3) is 0.958. The number of aliphatic hydroxyl groups is 3. The fourth-order valence-corrected chi connectivity index (χ4v) is 3.55. The van der Waals surface area contributed by atoms with Gasteiger partial charge in [-0.3, -0.25) is 4.79 Å². The molecule has 0 saturated heterocycles. The summed E-state index contributed by atoms with van der Waals surface area (Å²) < 4.78 is 5.16. The van der Waals surface area contributed by atoms with Crippen molar-refractivity contribution in [1.82, 2.24) is 0 Å². The molecule has 0 aliphatic rings. The summed E-state index contributed by atoms with van der Waals surface area (Å²) in [6.07, 6.45) is 17.2. The van der Waals surface area contributed by atoms with Crippen LogP contribution in [0.1, 0.15) is 110 Å². The van der Waals surface area contributed by atoms with Gasteiger partial charge in [0.1, 0.15) is 0 Å². The van der Waals surface area contributed by atoms with Gasteiger partial charge in [-0.25, -0.2) is 0 Å². The lowest BCUT2D eigenvalue weighted by Crippen LogP contribution is -2.35. The van der Waals surface area contributed by atoms with Crippen molar-refractivity contribution >= 4 is 5.97 Å². The first kappa shape index (κ1) is 28.4. The molecule has 0 aliphatic carbocycles. The summed E-state index contributed by atoms with van der Waals surface area (Å²) in [6, 6.07) is 0. The summed E-state index contributed by atoms with van der Waals surface area (Å²) in [5.74, 6) is 0.598. The molecule has 0 amide bonds. The SMILES string of the molecule is CCCCCCCCC(C)CCCCCCCC(=O)OCCC(CO)(CO)CO. The lowest BCUT2D eigenvalue weighted by molar-refractivity contribution is -0.145. The lowest BCUT2D eigenvalue weighted by Gasteiger charge is -2.26. The number of unbranched alkanes of at least 4 members (excludes halogenated alkanes) is 9. The van der Waals surface area contributed by atoms with E-state index < -0.39 is 5.41 Å². The van der Waals surface area contributed by atoms with Crippen LogP contribution in [0.15, 0.2) is 0 Å². The smallest absolute Gasteiger partial charge is 0.305 e. The maximum absolute atomic E-state index is 11.7. The summed E-state index contributed by atoms with van der Waals surface area (Å²) in [5.41, 5.74) is -0.966. The molecule has 0 radical (unpaired) electrons. The minimum absolute atomic E-state index is 0.122. The second-order valence-corrected chi connectivity index (χ2v) is 8.91. The van der Waals surface area contributed by atoms with Gasteiger partial charge in [-0.1, -0.05) is 90.9 Å². The Hall–Kier alpha value is -0.650. The molecule has 0 aromatic carbocycles. The third-order valence-corrected chi connectivity index (χ3v) is 6.03. The van der Waals surface area contributed by atoms with Crippen LogP contribution in [0.4, 0.5) is 0 Å². The number of hydrogen-bond donors (Lipinski definition) is 3. The van der Waals surface area contributed by atoms with Crippen LogP contribution in [0, 0.1) is 11.3 Å². The van der Waals surface area contributed by atoms with Gasteiger partial charge in [0.25, 0.3) is 0 Å². The Bertz CT molecular complexity index is 360. The highest BCUT2D eigenvalue weighted by Gasteiger charge is 2.28. The van der Waals surface area contributed by atoms with E-state index in [1.54, 1.807) is 0 Å². The van der Waals surface area contributed by atoms with Crippen LogP contribution in [-0.4, -0.2) is 47.7 Å². The van der Waals surface area contributed by atoms with Crippen LogP contribution < -0.4 is 0 Å². The van der Waals surface area contributed by atoms with Gasteiger partial charge >= 0.3 is 5.97 Å². The molecule has 0 bridgehead atoms. The van der Waals surface area contributed by atoms with E-state index in [1.165, 1.54) is 70.6 Å². The molecule has 0 aromatic heterocycles. The van der Waals surface area contributed by atoms with Gasteiger partial charge in [-0.2, -0.15) is 0 Å². The number of hydrogen-bond acceptors (Lipinski definition) is 5. The van der Waals surface area contributed by atoms with E-state index in [0.717, 1.165) is 18.8 Å². The van der Waals surface area contributed by atoms with Crippen molar-refractivity contribution in [2.75, 3.05) is 26.4 Å². The molecular formula is C24H48O5. The predicted molar refractivity (Wildman–Crippen MR) is 119 cm³/mol. The van der Waals surface area contributed by atoms with Crippen LogP contribution >= 0.6 is 0 Å². The molecule has 0 aromatic rings. The molecule has 0 rings (SSSR count). The summed E-state index contributed by atoms with van der Waals surface area (Å²) >= 11 is 0. The zero-order chi connectivity index (χ0) is 21.8. The third kappa shape index (κ3) is 15.8. The zero-order valence-electron chi connectivity index (χ0n) is 19.2.